The van der Waals surface area contributed by atoms with Crippen LogP contribution in [0.1, 0.15) is 54.4 Å². The van der Waals surface area contributed by atoms with Gasteiger partial charge in [-0.2, -0.15) is 0 Å². The molecule has 0 radical (unpaired) electrons. The Bertz CT molecular complexity index is 643. The van der Waals surface area contributed by atoms with Crippen molar-refractivity contribution in [1.82, 2.24) is 0 Å². The number of rotatable bonds is 0. The number of Topliss-reactive ketones (excluding diaryl/α,β-unsaturated/α-hetero) is 1. The predicted molar refractivity (Wildman–Crippen MR) is 87.5 cm³/mol. The Kier molecular flexibility index (Phi) is 3.22. The number of hydrogen-bond acceptors (Lipinski definition) is 3. The summed E-state index contributed by atoms with van der Waals surface area (Å²) in [7, 11) is 0. The van der Waals surface area contributed by atoms with E-state index in [0.29, 0.717) is 17.4 Å². The minimum absolute atomic E-state index is 0.0537. The highest BCUT2D eigenvalue weighted by atomic mass is 79.9. The fourth-order valence-corrected chi connectivity index (χ4v) is 6.33. The summed E-state index contributed by atoms with van der Waals surface area (Å²) in [5.74, 6) is 1.22. The Morgan fingerprint density at radius 3 is 2.82 bits per heavy atom. The summed E-state index contributed by atoms with van der Waals surface area (Å²) in [6.07, 6.45) is 3.62. The highest BCUT2D eigenvalue weighted by Crippen LogP contribution is 2.61. The van der Waals surface area contributed by atoms with E-state index in [1.807, 2.05) is 6.07 Å². The van der Waals surface area contributed by atoms with Gasteiger partial charge in [-0.3, -0.25) is 4.79 Å². The molecule has 2 N–H and O–H groups in total. The van der Waals surface area contributed by atoms with Crippen molar-refractivity contribution in [3.63, 3.8) is 0 Å². The molecule has 2 saturated carbocycles. The summed E-state index contributed by atoms with van der Waals surface area (Å²) in [6, 6.07) is 5.22. The molecule has 2 fully saturated rings. The van der Waals surface area contributed by atoms with Crippen LogP contribution in [0.5, 0.6) is 5.75 Å². The Morgan fingerprint density at radius 1 is 1.27 bits per heavy atom. The van der Waals surface area contributed by atoms with Crippen molar-refractivity contribution in [3.05, 3.63) is 29.3 Å². The lowest BCUT2D eigenvalue weighted by atomic mass is 9.55. The van der Waals surface area contributed by atoms with E-state index in [-0.39, 0.29) is 33.8 Å². The average molecular weight is 365 g/mol. The summed E-state index contributed by atoms with van der Waals surface area (Å²) < 4.78 is 0. The van der Waals surface area contributed by atoms with Gasteiger partial charge in [-0.15, -0.1) is 0 Å². The molecule has 6 atom stereocenters. The number of phenolic OH excluding ortho intramolecular Hbond substituents is 1. The zero-order chi connectivity index (χ0) is 15.6. The maximum absolute atomic E-state index is 12.8. The minimum Gasteiger partial charge on any atom is -0.508 e. The molecule has 5 unspecified atom stereocenters. The molecule has 0 amide bonds. The number of aliphatic hydroxyl groups is 1. The fourth-order valence-electron chi connectivity index (χ4n) is 5.34. The predicted octanol–water partition coefficient (Wildman–Crippen LogP) is 3.62. The highest BCUT2D eigenvalue weighted by molar-refractivity contribution is 9.10. The third kappa shape index (κ3) is 1.80. The van der Waals surface area contributed by atoms with Crippen molar-refractivity contribution in [2.24, 2.45) is 17.3 Å². The zero-order valence-corrected chi connectivity index (χ0v) is 14.2. The lowest BCUT2D eigenvalue weighted by Gasteiger charge is -2.51. The van der Waals surface area contributed by atoms with E-state index in [9.17, 15) is 15.0 Å². The molecule has 22 heavy (non-hydrogen) atoms. The van der Waals surface area contributed by atoms with E-state index >= 15 is 0 Å². The molecule has 0 heterocycles. The number of carbonyl (C=O) groups is 1. The molecule has 4 rings (SSSR count). The number of fused-ring (bicyclic) bond motifs is 5. The molecule has 3 aliphatic rings. The number of hydrogen-bond donors (Lipinski definition) is 2. The molecule has 0 aromatic heterocycles. The first kappa shape index (κ1) is 14.7. The minimum atomic E-state index is -0.241. The first-order valence-corrected chi connectivity index (χ1v) is 9.04. The summed E-state index contributed by atoms with van der Waals surface area (Å²) in [5, 5.41) is 20.1. The van der Waals surface area contributed by atoms with Gasteiger partial charge in [0, 0.05) is 5.56 Å². The van der Waals surface area contributed by atoms with Crippen molar-refractivity contribution in [2.45, 2.75) is 49.5 Å². The topological polar surface area (TPSA) is 57.5 Å². The van der Waals surface area contributed by atoms with E-state index in [1.165, 1.54) is 0 Å². The number of alkyl halides is 1. The van der Waals surface area contributed by atoms with Crippen molar-refractivity contribution < 1.29 is 15.0 Å². The Balaban J connectivity index is 1.82. The first-order valence-electron chi connectivity index (χ1n) is 8.13. The molecule has 0 spiro atoms. The smallest absolute Gasteiger partial charge is 0.177 e. The van der Waals surface area contributed by atoms with E-state index in [4.69, 9.17) is 0 Å². The lowest BCUT2D eigenvalue weighted by Crippen LogP contribution is -2.49. The van der Waals surface area contributed by atoms with Crippen LogP contribution in [-0.2, 0) is 0 Å². The highest BCUT2D eigenvalue weighted by Gasteiger charge is 2.57. The fraction of sp³-hybridized carbons (Fsp3) is 0.611. The van der Waals surface area contributed by atoms with Gasteiger partial charge in [0.25, 0.3) is 0 Å². The van der Waals surface area contributed by atoms with E-state index < -0.39 is 0 Å². The van der Waals surface area contributed by atoms with Gasteiger partial charge in [0.2, 0.25) is 0 Å². The number of ketones is 1. The SMILES string of the molecule is C[C@]12CCC3c4ccc(O)cc4C(=O)C(Br)C3C1CCC2O. The molecule has 1 aromatic carbocycles. The van der Waals surface area contributed by atoms with Crippen LogP contribution in [0, 0.1) is 17.3 Å². The van der Waals surface area contributed by atoms with Crippen LogP contribution < -0.4 is 0 Å². The molecule has 118 valence electrons. The monoisotopic (exact) mass is 364 g/mol. The summed E-state index contributed by atoms with van der Waals surface area (Å²) in [5.41, 5.74) is 1.71. The molecule has 0 bridgehead atoms. The van der Waals surface area contributed by atoms with Crippen LogP contribution in [0.2, 0.25) is 0 Å². The first-order chi connectivity index (χ1) is 10.4. The Labute approximate surface area is 138 Å². The zero-order valence-electron chi connectivity index (χ0n) is 12.6. The van der Waals surface area contributed by atoms with Crippen LogP contribution in [-0.4, -0.2) is 26.9 Å². The van der Waals surface area contributed by atoms with Crippen molar-refractivity contribution in [3.8, 4) is 5.75 Å². The van der Waals surface area contributed by atoms with Crippen molar-refractivity contribution in [2.75, 3.05) is 0 Å². The second-order valence-corrected chi connectivity index (χ2v) is 8.45. The third-order valence-electron chi connectivity index (χ3n) is 6.57. The maximum atomic E-state index is 12.8. The molecule has 3 nitrogen and oxygen atoms in total. The second-order valence-electron chi connectivity index (χ2n) is 7.47. The molecule has 0 saturated heterocycles. The van der Waals surface area contributed by atoms with Crippen LogP contribution in [0.4, 0.5) is 0 Å². The van der Waals surface area contributed by atoms with Gasteiger partial charge in [-0.25, -0.2) is 0 Å². The van der Waals surface area contributed by atoms with E-state index in [0.717, 1.165) is 31.2 Å². The molecular formula is C18H21BrO3. The van der Waals surface area contributed by atoms with Crippen LogP contribution in [0.15, 0.2) is 18.2 Å². The van der Waals surface area contributed by atoms with Crippen LogP contribution in [0.3, 0.4) is 0 Å². The van der Waals surface area contributed by atoms with Gasteiger partial charge in [-0.1, -0.05) is 28.9 Å². The van der Waals surface area contributed by atoms with Gasteiger partial charge in [0.05, 0.1) is 10.9 Å². The average Bonchev–Trinajstić information content (AvgIpc) is 2.80. The number of carbonyl (C=O) groups excluding carboxylic acids is 1. The number of aromatic hydroxyl groups is 1. The number of benzene rings is 1. The summed E-state index contributed by atoms with van der Waals surface area (Å²) in [6.45, 7) is 2.20. The van der Waals surface area contributed by atoms with Gasteiger partial charge in [-0.05, 0) is 66.5 Å². The normalized spacial score (nSPS) is 43.4. The van der Waals surface area contributed by atoms with Gasteiger partial charge >= 0.3 is 0 Å². The second kappa shape index (κ2) is 4.81. The van der Waals surface area contributed by atoms with E-state index in [1.54, 1.807) is 12.1 Å². The molecule has 0 aliphatic heterocycles. The molecule has 1 aromatic rings. The molecular weight excluding hydrogens is 344 g/mol. The van der Waals surface area contributed by atoms with Crippen LogP contribution in [0.25, 0.3) is 0 Å². The number of phenols is 1. The van der Waals surface area contributed by atoms with Crippen molar-refractivity contribution in [1.29, 1.82) is 0 Å². The Hall–Kier alpha value is -0.870. The van der Waals surface area contributed by atoms with Crippen LogP contribution >= 0.6 is 15.9 Å². The lowest BCUT2D eigenvalue weighted by molar-refractivity contribution is -0.0189. The van der Waals surface area contributed by atoms with Gasteiger partial charge in [0.15, 0.2) is 5.78 Å². The van der Waals surface area contributed by atoms with Gasteiger partial charge < -0.3 is 10.2 Å². The number of aliphatic hydroxyl groups excluding tert-OH is 1. The number of halogens is 1. The molecule has 3 aliphatic carbocycles. The summed E-state index contributed by atoms with van der Waals surface area (Å²) in [4.78, 5) is 12.6. The standard InChI is InChI=1S/C18H21BrO3/c1-18-7-6-11-10-3-2-9(20)8-12(10)17(22)16(19)15(11)13(18)4-5-14(18)21/h2-3,8,11,13-16,20-21H,4-7H2,1H3/t11?,13?,14?,15?,16?,18-/m0/s1. The third-order valence-corrected chi connectivity index (χ3v) is 7.60. The van der Waals surface area contributed by atoms with Gasteiger partial charge in [0.1, 0.15) is 5.75 Å². The van der Waals surface area contributed by atoms with E-state index in [2.05, 4.69) is 22.9 Å². The maximum Gasteiger partial charge on any atom is 0.177 e. The summed E-state index contributed by atoms with van der Waals surface area (Å²) >= 11 is 3.66. The quantitative estimate of drug-likeness (QED) is 0.691. The molecule has 4 heteroatoms. The largest absolute Gasteiger partial charge is 0.508 e. The van der Waals surface area contributed by atoms with Crippen molar-refractivity contribution >= 4 is 21.7 Å². The Morgan fingerprint density at radius 2 is 2.05 bits per heavy atom.